The molecule has 3 rings (SSSR count). The van der Waals surface area contributed by atoms with E-state index in [-0.39, 0.29) is 6.10 Å². The zero-order valence-corrected chi connectivity index (χ0v) is 14.2. The number of nitrogens with zero attached hydrogens (tertiary/aromatic N) is 2. The number of ether oxygens (including phenoxy) is 1. The van der Waals surface area contributed by atoms with Crippen molar-refractivity contribution < 1.29 is 13.2 Å². The van der Waals surface area contributed by atoms with Crippen LogP contribution in [0.4, 0.5) is 5.82 Å². The molecule has 2 heterocycles. The molecule has 1 aliphatic heterocycles. The highest BCUT2D eigenvalue weighted by Crippen LogP contribution is 2.20. The van der Waals surface area contributed by atoms with E-state index in [1.165, 1.54) is 4.31 Å². The number of nitrogen functional groups attached to an aromatic ring is 1. The van der Waals surface area contributed by atoms with Crippen LogP contribution < -0.4 is 5.73 Å². The fraction of sp³-hybridized carbons (Fsp3) is 0.353. The van der Waals surface area contributed by atoms with Gasteiger partial charge >= 0.3 is 0 Å². The van der Waals surface area contributed by atoms with Crippen LogP contribution in [0.15, 0.2) is 53.6 Å². The van der Waals surface area contributed by atoms with E-state index in [9.17, 15) is 8.42 Å². The average molecular weight is 347 g/mol. The van der Waals surface area contributed by atoms with Crippen molar-refractivity contribution in [3.8, 4) is 0 Å². The third-order valence-corrected chi connectivity index (χ3v) is 5.96. The fourth-order valence-corrected chi connectivity index (χ4v) is 4.28. The lowest BCUT2D eigenvalue weighted by Gasteiger charge is -2.32. The van der Waals surface area contributed by atoms with E-state index in [0.717, 1.165) is 18.4 Å². The Labute approximate surface area is 142 Å². The first kappa shape index (κ1) is 16.9. The molecule has 0 spiro atoms. The van der Waals surface area contributed by atoms with Crippen LogP contribution in [0.25, 0.3) is 0 Å². The quantitative estimate of drug-likeness (QED) is 0.889. The summed E-state index contributed by atoms with van der Waals surface area (Å²) in [6, 6.07) is 12.3. The lowest BCUT2D eigenvalue weighted by atomic mass is 10.1. The Balaban J connectivity index is 1.64. The number of hydrogen-bond acceptors (Lipinski definition) is 5. The lowest BCUT2D eigenvalue weighted by molar-refractivity contribution is -0.00526. The van der Waals surface area contributed by atoms with Crippen molar-refractivity contribution in [2.24, 2.45) is 0 Å². The van der Waals surface area contributed by atoms with Gasteiger partial charge in [-0.15, -0.1) is 0 Å². The summed E-state index contributed by atoms with van der Waals surface area (Å²) in [5.74, 6) is 0.491. The van der Waals surface area contributed by atoms with E-state index >= 15 is 0 Å². The van der Waals surface area contributed by atoms with Crippen molar-refractivity contribution in [3.63, 3.8) is 0 Å². The Morgan fingerprint density at radius 2 is 2.04 bits per heavy atom. The lowest BCUT2D eigenvalue weighted by Crippen LogP contribution is -2.45. The molecule has 0 saturated carbocycles. The van der Waals surface area contributed by atoms with Crippen molar-refractivity contribution in [1.29, 1.82) is 0 Å². The van der Waals surface area contributed by atoms with Gasteiger partial charge in [0.05, 0.1) is 17.6 Å². The molecule has 1 saturated heterocycles. The molecule has 1 aromatic carbocycles. The number of nitrogens with two attached hydrogens (primary N) is 1. The highest BCUT2D eigenvalue weighted by Gasteiger charge is 2.30. The van der Waals surface area contributed by atoms with E-state index in [1.54, 1.807) is 30.5 Å². The van der Waals surface area contributed by atoms with E-state index in [2.05, 4.69) is 4.98 Å². The monoisotopic (exact) mass is 347 g/mol. The molecule has 1 aliphatic rings. The van der Waals surface area contributed by atoms with Gasteiger partial charge in [-0.3, -0.25) is 0 Å². The standard InChI is InChI=1S/C17H21N3O3S/c18-17-12-14(8-9-19-17)6-7-15-13-20(10-11-23-15)24(21,22)16-4-2-1-3-5-16/h1-5,8-9,12,15H,6-7,10-11,13H2,(H2,18,19)/t15-/m1/s1. The predicted octanol–water partition coefficient (Wildman–Crippen LogP) is 1.69. The number of morpholine rings is 1. The summed E-state index contributed by atoms with van der Waals surface area (Å²) >= 11 is 0. The van der Waals surface area contributed by atoms with Gasteiger partial charge < -0.3 is 10.5 Å². The number of rotatable bonds is 5. The minimum absolute atomic E-state index is 0.119. The third-order valence-electron chi connectivity index (χ3n) is 4.08. The Morgan fingerprint density at radius 3 is 2.79 bits per heavy atom. The predicted molar refractivity (Wildman–Crippen MR) is 91.9 cm³/mol. The van der Waals surface area contributed by atoms with E-state index in [4.69, 9.17) is 10.5 Å². The SMILES string of the molecule is Nc1cc(CC[C@@H]2CN(S(=O)(=O)c3ccccc3)CCO2)ccn1. The normalized spacial score (nSPS) is 19.2. The Hall–Kier alpha value is -1.96. The van der Waals surface area contributed by atoms with E-state index in [0.29, 0.717) is 30.4 Å². The van der Waals surface area contributed by atoms with Crippen LogP contribution in [-0.4, -0.2) is 43.5 Å². The largest absolute Gasteiger partial charge is 0.384 e. The smallest absolute Gasteiger partial charge is 0.243 e. The van der Waals surface area contributed by atoms with Gasteiger partial charge in [0.15, 0.2) is 0 Å². The molecule has 0 unspecified atom stereocenters. The molecule has 24 heavy (non-hydrogen) atoms. The van der Waals surface area contributed by atoms with Crippen LogP contribution in [0, 0.1) is 0 Å². The first-order valence-electron chi connectivity index (χ1n) is 7.93. The van der Waals surface area contributed by atoms with Crippen molar-refractivity contribution in [1.82, 2.24) is 9.29 Å². The molecular weight excluding hydrogens is 326 g/mol. The van der Waals surface area contributed by atoms with Gasteiger partial charge in [0.1, 0.15) is 5.82 Å². The summed E-state index contributed by atoms with van der Waals surface area (Å²) in [6.07, 6.45) is 3.08. The van der Waals surface area contributed by atoms with E-state index < -0.39 is 10.0 Å². The van der Waals surface area contributed by atoms with Gasteiger partial charge in [-0.05, 0) is 42.7 Å². The van der Waals surface area contributed by atoms with Crippen LogP contribution in [0.1, 0.15) is 12.0 Å². The van der Waals surface area contributed by atoms with E-state index in [1.807, 2.05) is 18.2 Å². The number of benzene rings is 1. The average Bonchev–Trinajstić information content (AvgIpc) is 2.61. The van der Waals surface area contributed by atoms with Gasteiger partial charge in [-0.25, -0.2) is 13.4 Å². The minimum Gasteiger partial charge on any atom is -0.384 e. The minimum atomic E-state index is -3.46. The summed E-state index contributed by atoms with van der Waals surface area (Å²) in [5.41, 5.74) is 6.76. The molecule has 0 bridgehead atoms. The van der Waals surface area contributed by atoms with Crippen molar-refractivity contribution >= 4 is 15.8 Å². The number of pyridine rings is 1. The van der Waals surface area contributed by atoms with Crippen LogP contribution in [0.3, 0.4) is 0 Å². The van der Waals surface area contributed by atoms with Crippen LogP contribution >= 0.6 is 0 Å². The number of hydrogen-bond donors (Lipinski definition) is 1. The maximum absolute atomic E-state index is 12.7. The summed E-state index contributed by atoms with van der Waals surface area (Å²) in [4.78, 5) is 4.30. The summed E-state index contributed by atoms with van der Waals surface area (Å²) < 4.78 is 32.6. The van der Waals surface area contributed by atoms with Gasteiger partial charge in [0.2, 0.25) is 10.0 Å². The van der Waals surface area contributed by atoms with Gasteiger partial charge in [-0.2, -0.15) is 4.31 Å². The third kappa shape index (κ3) is 3.92. The molecule has 1 aromatic heterocycles. The maximum atomic E-state index is 12.7. The first-order chi connectivity index (χ1) is 11.6. The summed E-state index contributed by atoms with van der Waals surface area (Å²) in [6.45, 7) is 1.17. The van der Waals surface area contributed by atoms with Crippen LogP contribution in [0.5, 0.6) is 0 Å². The molecule has 7 heteroatoms. The number of sulfonamides is 1. The Bertz CT molecular complexity index is 781. The zero-order chi connectivity index (χ0) is 17.0. The van der Waals surface area contributed by atoms with Gasteiger partial charge in [0.25, 0.3) is 0 Å². The number of aromatic nitrogens is 1. The maximum Gasteiger partial charge on any atom is 0.243 e. The first-order valence-corrected chi connectivity index (χ1v) is 9.37. The molecule has 0 radical (unpaired) electrons. The highest BCUT2D eigenvalue weighted by atomic mass is 32.2. The summed E-state index contributed by atoms with van der Waals surface area (Å²) in [7, 11) is -3.46. The number of anilines is 1. The topological polar surface area (TPSA) is 85.5 Å². The second kappa shape index (κ2) is 7.29. The Kier molecular flexibility index (Phi) is 5.13. The van der Waals surface area contributed by atoms with Gasteiger partial charge in [0, 0.05) is 19.3 Å². The van der Waals surface area contributed by atoms with Gasteiger partial charge in [-0.1, -0.05) is 18.2 Å². The van der Waals surface area contributed by atoms with Crippen LogP contribution in [-0.2, 0) is 21.2 Å². The highest BCUT2D eigenvalue weighted by molar-refractivity contribution is 7.89. The molecule has 0 aliphatic carbocycles. The van der Waals surface area contributed by atoms with Crippen molar-refractivity contribution in [2.75, 3.05) is 25.4 Å². The molecule has 0 amide bonds. The fourth-order valence-electron chi connectivity index (χ4n) is 2.80. The van der Waals surface area contributed by atoms with Crippen molar-refractivity contribution in [2.45, 2.75) is 23.8 Å². The molecular formula is C17H21N3O3S. The molecule has 6 nitrogen and oxygen atoms in total. The summed E-state index contributed by atoms with van der Waals surface area (Å²) in [5, 5.41) is 0. The molecule has 128 valence electrons. The van der Waals surface area contributed by atoms with Crippen LogP contribution in [0.2, 0.25) is 0 Å². The zero-order valence-electron chi connectivity index (χ0n) is 13.3. The molecule has 1 atom stereocenters. The molecule has 2 aromatic rings. The molecule has 1 fully saturated rings. The second-order valence-corrected chi connectivity index (χ2v) is 7.73. The Morgan fingerprint density at radius 1 is 1.25 bits per heavy atom. The van der Waals surface area contributed by atoms with Crippen molar-refractivity contribution in [3.05, 3.63) is 54.2 Å². The number of aryl methyl sites for hydroxylation is 1. The molecule has 2 N–H and O–H groups in total. The second-order valence-electron chi connectivity index (χ2n) is 5.80.